The number of aryl methyl sites for hydroxylation is 2. The monoisotopic (exact) mass is 406 g/mol. The number of anilines is 1. The molecule has 2 aromatic carbocycles. The molecule has 0 bridgehead atoms. The highest BCUT2D eigenvalue weighted by molar-refractivity contribution is 7.13. The average Bonchev–Trinajstić information content (AvgIpc) is 3.36. The average molecular weight is 406 g/mol. The second-order valence-electron chi connectivity index (χ2n) is 6.37. The van der Waals surface area contributed by atoms with E-state index in [1.807, 2.05) is 61.7 Å². The van der Waals surface area contributed by atoms with Gasteiger partial charge in [-0.05, 0) is 31.5 Å². The lowest BCUT2D eigenvalue weighted by Gasteiger charge is -2.08. The second kappa shape index (κ2) is 8.24. The summed E-state index contributed by atoms with van der Waals surface area (Å²) in [7, 11) is 0. The summed E-state index contributed by atoms with van der Waals surface area (Å²) in [6.07, 6.45) is 0. The van der Waals surface area contributed by atoms with Crippen LogP contribution in [-0.4, -0.2) is 27.6 Å². The van der Waals surface area contributed by atoms with Crippen LogP contribution in [-0.2, 0) is 4.79 Å². The Morgan fingerprint density at radius 1 is 1.07 bits per heavy atom. The van der Waals surface area contributed by atoms with E-state index in [-0.39, 0.29) is 12.5 Å². The molecule has 2 heterocycles. The summed E-state index contributed by atoms with van der Waals surface area (Å²) in [5.41, 5.74) is 3.44. The van der Waals surface area contributed by atoms with E-state index in [1.54, 1.807) is 6.07 Å². The number of nitrogens with zero attached hydrogens (tertiary/aromatic N) is 3. The molecule has 0 spiro atoms. The summed E-state index contributed by atoms with van der Waals surface area (Å²) in [6.45, 7) is 3.70. The number of hydrogen-bond acceptors (Lipinski definition) is 7. The van der Waals surface area contributed by atoms with E-state index in [0.29, 0.717) is 28.2 Å². The molecular weight excluding hydrogens is 388 g/mol. The normalized spacial score (nSPS) is 10.7. The van der Waals surface area contributed by atoms with E-state index in [1.165, 1.54) is 11.3 Å². The molecule has 1 amide bonds. The summed E-state index contributed by atoms with van der Waals surface area (Å²) in [5.74, 6) is 1.03. The van der Waals surface area contributed by atoms with Crippen molar-refractivity contribution in [3.63, 3.8) is 0 Å². The molecule has 29 heavy (non-hydrogen) atoms. The zero-order valence-corrected chi connectivity index (χ0v) is 16.7. The van der Waals surface area contributed by atoms with Crippen molar-refractivity contribution in [2.45, 2.75) is 13.8 Å². The van der Waals surface area contributed by atoms with Gasteiger partial charge in [0.2, 0.25) is 5.82 Å². The molecule has 8 heteroatoms. The minimum absolute atomic E-state index is 0.158. The molecule has 0 aliphatic carbocycles. The predicted octanol–water partition coefficient (Wildman–Crippen LogP) is 4.49. The van der Waals surface area contributed by atoms with E-state index in [4.69, 9.17) is 9.26 Å². The van der Waals surface area contributed by atoms with Gasteiger partial charge in [-0.25, -0.2) is 4.98 Å². The van der Waals surface area contributed by atoms with Crippen LogP contribution in [0.15, 0.2) is 58.4 Å². The Morgan fingerprint density at radius 2 is 1.83 bits per heavy atom. The molecule has 7 nitrogen and oxygen atoms in total. The van der Waals surface area contributed by atoms with Crippen LogP contribution in [0, 0.1) is 13.8 Å². The zero-order valence-electron chi connectivity index (χ0n) is 15.9. The lowest BCUT2D eigenvalue weighted by molar-refractivity contribution is -0.118. The fourth-order valence-electron chi connectivity index (χ4n) is 2.75. The van der Waals surface area contributed by atoms with E-state index in [0.717, 1.165) is 16.8 Å². The highest BCUT2D eigenvalue weighted by Crippen LogP contribution is 2.30. The number of thiazole rings is 1. The number of hydrogen-bond donors (Lipinski definition) is 1. The highest BCUT2D eigenvalue weighted by Gasteiger charge is 2.16. The fraction of sp³-hybridized carbons (Fsp3) is 0.143. The van der Waals surface area contributed by atoms with Crippen molar-refractivity contribution in [2.75, 3.05) is 11.9 Å². The number of carbonyl (C=O) groups excluding carboxylic acids is 1. The summed E-state index contributed by atoms with van der Waals surface area (Å²) in [4.78, 5) is 20.9. The molecule has 1 N–H and O–H groups in total. The molecule has 4 aromatic rings. The molecule has 0 radical (unpaired) electrons. The zero-order chi connectivity index (χ0) is 20.2. The van der Waals surface area contributed by atoms with Crippen molar-refractivity contribution in [1.82, 2.24) is 15.1 Å². The SMILES string of the molecule is Cc1csc(NC(=O)COc2ccccc2-c2nc(-c3ccccc3C)no2)n1. The summed E-state index contributed by atoms with van der Waals surface area (Å²) < 4.78 is 11.2. The number of aromatic nitrogens is 3. The smallest absolute Gasteiger partial charge is 0.264 e. The van der Waals surface area contributed by atoms with Gasteiger partial charge in [0.15, 0.2) is 11.7 Å². The van der Waals surface area contributed by atoms with Crippen LogP contribution >= 0.6 is 11.3 Å². The van der Waals surface area contributed by atoms with Gasteiger partial charge < -0.3 is 9.26 Å². The van der Waals surface area contributed by atoms with Crippen molar-refractivity contribution in [2.24, 2.45) is 0 Å². The standard InChI is InChI=1S/C21H18N4O3S/c1-13-7-3-4-8-15(13)19-24-20(28-25-19)16-9-5-6-10-17(16)27-11-18(26)23-21-22-14(2)12-29-21/h3-10,12H,11H2,1-2H3,(H,22,23,26). The third-order valence-corrected chi connectivity index (χ3v) is 5.03. The van der Waals surface area contributed by atoms with Crippen LogP contribution in [0.4, 0.5) is 5.13 Å². The van der Waals surface area contributed by atoms with Gasteiger partial charge in [0.1, 0.15) is 5.75 Å². The Hall–Kier alpha value is -3.52. The third-order valence-electron chi connectivity index (χ3n) is 4.15. The molecule has 4 rings (SSSR count). The van der Waals surface area contributed by atoms with Gasteiger partial charge in [0, 0.05) is 10.9 Å². The van der Waals surface area contributed by atoms with Crippen molar-refractivity contribution in [1.29, 1.82) is 0 Å². The molecule has 2 aromatic heterocycles. The Kier molecular flexibility index (Phi) is 5.35. The van der Waals surface area contributed by atoms with Crippen LogP contribution in [0.5, 0.6) is 5.75 Å². The number of rotatable bonds is 6. The van der Waals surface area contributed by atoms with Crippen molar-refractivity contribution in [3.8, 4) is 28.6 Å². The van der Waals surface area contributed by atoms with E-state index in [2.05, 4.69) is 20.4 Å². The molecule has 0 unspecified atom stereocenters. The van der Waals surface area contributed by atoms with Crippen LogP contribution in [0.1, 0.15) is 11.3 Å². The van der Waals surface area contributed by atoms with Crippen LogP contribution in [0.3, 0.4) is 0 Å². The van der Waals surface area contributed by atoms with Gasteiger partial charge >= 0.3 is 0 Å². The maximum absolute atomic E-state index is 12.1. The van der Waals surface area contributed by atoms with Crippen LogP contribution in [0.2, 0.25) is 0 Å². The van der Waals surface area contributed by atoms with Crippen molar-refractivity contribution in [3.05, 3.63) is 65.2 Å². The number of benzene rings is 2. The first-order valence-corrected chi connectivity index (χ1v) is 9.82. The number of ether oxygens (including phenoxy) is 1. The number of nitrogens with one attached hydrogen (secondary N) is 1. The van der Waals surface area contributed by atoms with Crippen LogP contribution in [0.25, 0.3) is 22.8 Å². The maximum atomic E-state index is 12.1. The molecule has 0 atom stereocenters. The molecular formula is C21H18N4O3S. The van der Waals surface area contributed by atoms with Gasteiger partial charge in [0.05, 0.1) is 11.3 Å². The Balaban J connectivity index is 1.50. The molecule has 0 saturated carbocycles. The topological polar surface area (TPSA) is 90.1 Å². The van der Waals surface area contributed by atoms with E-state index in [9.17, 15) is 4.79 Å². The van der Waals surface area contributed by atoms with Gasteiger partial charge in [-0.1, -0.05) is 41.6 Å². The molecule has 0 fully saturated rings. The Bertz CT molecular complexity index is 1150. The Labute approximate surface area is 171 Å². The van der Waals surface area contributed by atoms with Crippen molar-refractivity contribution >= 4 is 22.4 Å². The second-order valence-corrected chi connectivity index (χ2v) is 7.22. The number of carbonyl (C=O) groups is 1. The minimum Gasteiger partial charge on any atom is -0.483 e. The quantitative estimate of drug-likeness (QED) is 0.507. The summed E-state index contributed by atoms with van der Waals surface area (Å²) in [6, 6.07) is 15.1. The first-order chi connectivity index (χ1) is 14.1. The summed E-state index contributed by atoms with van der Waals surface area (Å²) in [5, 5.41) is 9.22. The molecule has 0 aliphatic rings. The lowest BCUT2D eigenvalue weighted by atomic mass is 10.1. The Morgan fingerprint density at radius 3 is 2.59 bits per heavy atom. The molecule has 0 aliphatic heterocycles. The summed E-state index contributed by atoms with van der Waals surface area (Å²) >= 11 is 1.37. The largest absolute Gasteiger partial charge is 0.483 e. The lowest BCUT2D eigenvalue weighted by Crippen LogP contribution is -2.20. The molecule has 0 saturated heterocycles. The first kappa shape index (κ1) is 18.8. The first-order valence-electron chi connectivity index (χ1n) is 8.94. The van der Waals surface area contributed by atoms with Crippen molar-refractivity contribution < 1.29 is 14.1 Å². The van der Waals surface area contributed by atoms with Gasteiger partial charge in [-0.2, -0.15) is 4.98 Å². The van der Waals surface area contributed by atoms with Gasteiger partial charge in [-0.15, -0.1) is 11.3 Å². The van der Waals surface area contributed by atoms with E-state index < -0.39 is 0 Å². The van der Waals surface area contributed by atoms with Crippen LogP contribution < -0.4 is 10.1 Å². The predicted molar refractivity (Wildman–Crippen MR) is 111 cm³/mol. The number of amides is 1. The fourth-order valence-corrected chi connectivity index (χ4v) is 3.45. The minimum atomic E-state index is -0.291. The van der Waals surface area contributed by atoms with E-state index >= 15 is 0 Å². The highest BCUT2D eigenvalue weighted by atomic mass is 32.1. The molecule has 146 valence electrons. The van der Waals surface area contributed by atoms with Gasteiger partial charge in [0.25, 0.3) is 11.8 Å². The van der Waals surface area contributed by atoms with Gasteiger partial charge in [-0.3, -0.25) is 10.1 Å². The third kappa shape index (κ3) is 4.33. The maximum Gasteiger partial charge on any atom is 0.264 e. The number of para-hydroxylation sites is 1.